The Morgan fingerprint density at radius 3 is 2.83 bits per heavy atom. The Kier molecular flexibility index (Phi) is 2.48. The van der Waals surface area contributed by atoms with E-state index in [9.17, 15) is 4.79 Å². The summed E-state index contributed by atoms with van der Waals surface area (Å²) in [6.07, 6.45) is 0.318. The molecule has 18 heavy (non-hydrogen) atoms. The Balaban J connectivity index is 2.29. The summed E-state index contributed by atoms with van der Waals surface area (Å²) in [7, 11) is 0. The summed E-state index contributed by atoms with van der Waals surface area (Å²) in [4.78, 5) is 12.1. The van der Waals surface area contributed by atoms with Crippen molar-refractivity contribution in [3.8, 4) is 5.75 Å². The van der Waals surface area contributed by atoms with Gasteiger partial charge < -0.3 is 9.94 Å². The fourth-order valence-corrected chi connectivity index (χ4v) is 2.19. The number of fused-ring (bicyclic) bond motifs is 3. The van der Waals surface area contributed by atoms with Crippen LogP contribution >= 0.6 is 0 Å². The van der Waals surface area contributed by atoms with Crippen LogP contribution < -0.4 is 4.74 Å². The summed E-state index contributed by atoms with van der Waals surface area (Å²) in [6, 6.07) is 11.3. The van der Waals surface area contributed by atoms with Crippen LogP contribution in [0.15, 0.2) is 41.6 Å². The predicted octanol–water partition coefficient (Wildman–Crippen LogP) is 2.64. The number of carbonyl (C=O) groups is 1. The molecule has 1 N–H and O–H groups in total. The minimum atomic E-state index is -0.268. The van der Waals surface area contributed by atoms with Crippen molar-refractivity contribution >= 4 is 22.3 Å². The van der Waals surface area contributed by atoms with Crippen molar-refractivity contribution in [2.45, 2.75) is 6.42 Å². The van der Waals surface area contributed by atoms with Crippen molar-refractivity contribution in [1.29, 1.82) is 0 Å². The SMILES string of the molecule is O=C1/C(=N\O)CCOc2c1ccc1ccccc21. The summed E-state index contributed by atoms with van der Waals surface area (Å²) in [5.74, 6) is 0.313. The van der Waals surface area contributed by atoms with Crippen molar-refractivity contribution in [1.82, 2.24) is 0 Å². The van der Waals surface area contributed by atoms with Crippen molar-refractivity contribution in [3.63, 3.8) is 0 Å². The largest absolute Gasteiger partial charge is 0.492 e. The average Bonchev–Trinajstić information content (AvgIpc) is 2.58. The molecule has 0 atom stereocenters. The van der Waals surface area contributed by atoms with Gasteiger partial charge in [-0.25, -0.2) is 0 Å². The molecule has 0 saturated carbocycles. The highest BCUT2D eigenvalue weighted by molar-refractivity contribution is 6.47. The first-order valence-corrected chi connectivity index (χ1v) is 5.71. The Bertz CT molecular complexity index is 661. The minimum absolute atomic E-state index is 0.143. The Hall–Kier alpha value is -2.36. The fraction of sp³-hybridized carbons (Fsp3) is 0.143. The molecule has 0 aliphatic carbocycles. The molecule has 3 rings (SSSR count). The second-order valence-electron chi connectivity index (χ2n) is 4.14. The number of rotatable bonds is 0. The molecule has 0 aromatic heterocycles. The number of hydrogen-bond donors (Lipinski definition) is 1. The van der Waals surface area contributed by atoms with Gasteiger partial charge in [0.25, 0.3) is 0 Å². The van der Waals surface area contributed by atoms with Gasteiger partial charge in [0.2, 0.25) is 5.78 Å². The molecule has 4 nitrogen and oxygen atoms in total. The van der Waals surface area contributed by atoms with Crippen LogP contribution in [-0.4, -0.2) is 23.3 Å². The number of oxime groups is 1. The summed E-state index contributed by atoms with van der Waals surface area (Å²) < 4.78 is 5.65. The third kappa shape index (κ3) is 1.54. The number of benzene rings is 2. The van der Waals surface area contributed by atoms with Gasteiger partial charge >= 0.3 is 0 Å². The van der Waals surface area contributed by atoms with E-state index in [1.807, 2.05) is 30.3 Å². The molecule has 1 heterocycles. The lowest BCUT2D eigenvalue weighted by Crippen LogP contribution is -2.13. The number of ketones is 1. The molecule has 0 bridgehead atoms. The first kappa shape index (κ1) is 10.8. The molecule has 4 heteroatoms. The number of carbonyl (C=O) groups excluding carboxylic acids is 1. The lowest BCUT2D eigenvalue weighted by atomic mass is 10.0. The first-order chi connectivity index (χ1) is 8.81. The van der Waals surface area contributed by atoms with Crippen molar-refractivity contribution in [3.05, 3.63) is 42.0 Å². The maximum Gasteiger partial charge on any atom is 0.214 e. The van der Waals surface area contributed by atoms with Crippen molar-refractivity contribution in [2.24, 2.45) is 5.16 Å². The number of nitrogens with zero attached hydrogens (tertiary/aromatic N) is 1. The third-order valence-electron chi connectivity index (χ3n) is 3.09. The van der Waals surface area contributed by atoms with Crippen LogP contribution in [-0.2, 0) is 0 Å². The maximum atomic E-state index is 12.1. The molecule has 90 valence electrons. The van der Waals surface area contributed by atoms with Crippen LogP contribution in [0.1, 0.15) is 16.8 Å². The topological polar surface area (TPSA) is 58.9 Å². The van der Waals surface area contributed by atoms with Gasteiger partial charge in [-0.05, 0) is 11.5 Å². The van der Waals surface area contributed by atoms with E-state index in [-0.39, 0.29) is 11.5 Å². The van der Waals surface area contributed by atoms with Crippen molar-refractivity contribution < 1.29 is 14.7 Å². The predicted molar refractivity (Wildman–Crippen MR) is 67.6 cm³/mol. The van der Waals surface area contributed by atoms with Crippen LogP contribution in [0.25, 0.3) is 10.8 Å². The Labute approximate surface area is 103 Å². The van der Waals surface area contributed by atoms with E-state index in [2.05, 4.69) is 5.16 Å². The molecule has 1 aliphatic rings. The van der Waals surface area contributed by atoms with Gasteiger partial charge in [0, 0.05) is 11.8 Å². The van der Waals surface area contributed by atoms with Gasteiger partial charge in [0.1, 0.15) is 11.5 Å². The molecule has 0 spiro atoms. The second kappa shape index (κ2) is 4.14. The van der Waals surface area contributed by atoms with E-state index in [4.69, 9.17) is 9.94 Å². The van der Waals surface area contributed by atoms with Crippen LogP contribution in [0, 0.1) is 0 Å². The molecular weight excluding hydrogens is 230 g/mol. The summed E-state index contributed by atoms with van der Waals surface area (Å²) in [5, 5.41) is 13.8. The van der Waals surface area contributed by atoms with Gasteiger partial charge in [-0.2, -0.15) is 0 Å². The van der Waals surface area contributed by atoms with Gasteiger partial charge in [0.05, 0.1) is 12.2 Å². The third-order valence-corrected chi connectivity index (χ3v) is 3.09. The molecule has 0 saturated heterocycles. The first-order valence-electron chi connectivity index (χ1n) is 5.71. The van der Waals surface area contributed by atoms with E-state index in [0.29, 0.717) is 24.3 Å². The quantitative estimate of drug-likeness (QED) is 0.569. The van der Waals surface area contributed by atoms with E-state index in [0.717, 1.165) is 10.8 Å². The molecule has 1 aliphatic heterocycles. The van der Waals surface area contributed by atoms with Crippen LogP contribution in [0.3, 0.4) is 0 Å². The smallest absolute Gasteiger partial charge is 0.214 e. The fourth-order valence-electron chi connectivity index (χ4n) is 2.19. The highest BCUT2D eigenvalue weighted by Crippen LogP contribution is 2.32. The minimum Gasteiger partial charge on any atom is -0.492 e. The van der Waals surface area contributed by atoms with Gasteiger partial charge in [-0.3, -0.25) is 4.79 Å². The van der Waals surface area contributed by atoms with Crippen molar-refractivity contribution in [2.75, 3.05) is 6.61 Å². The summed E-state index contributed by atoms with van der Waals surface area (Å²) in [6.45, 7) is 0.339. The number of hydrogen-bond acceptors (Lipinski definition) is 4. The van der Waals surface area contributed by atoms with E-state index < -0.39 is 0 Å². The standard InChI is InChI=1S/C14H11NO3/c16-13-11-6-5-9-3-1-2-4-10(9)14(11)18-8-7-12(13)15-17/h1-6,17H,7-8H2/b15-12-. The van der Waals surface area contributed by atoms with Gasteiger partial charge in [-0.15, -0.1) is 0 Å². The maximum absolute atomic E-state index is 12.1. The lowest BCUT2D eigenvalue weighted by Gasteiger charge is -2.09. The highest BCUT2D eigenvalue weighted by Gasteiger charge is 2.24. The van der Waals surface area contributed by atoms with Crippen LogP contribution in [0.5, 0.6) is 5.75 Å². The van der Waals surface area contributed by atoms with E-state index in [1.54, 1.807) is 6.07 Å². The van der Waals surface area contributed by atoms with E-state index >= 15 is 0 Å². The molecule has 0 unspecified atom stereocenters. The Morgan fingerprint density at radius 2 is 2.00 bits per heavy atom. The molecule has 0 radical (unpaired) electrons. The number of Topliss-reactive ketones (excluding diaryl/α,β-unsaturated/α-hetero) is 1. The molecular formula is C14H11NO3. The lowest BCUT2D eigenvalue weighted by molar-refractivity contribution is 0.106. The summed E-state index contributed by atoms with van der Waals surface area (Å²) >= 11 is 0. The molecule has 0 amide bonds. The second-order valence-corrected chi connectivity index (χ2v) is 4.14. The molecule has 0 fully saturated rings. The zero-order valence-corrected chi connectivity index (χ0v) is 9.59. The zero-order chi connectivity index (χ0) is 12.5. The highest BCUT2D eigenvalue weighted by atomic mass is 16.5. The monoisotopic (exact) mass is 241 g/mol. The van der Waals surface area contributed by atoms with Gasteiger partial charge in [0.15, 0.2) is 0 Å². The van der Waals surface area contributed by atoms with E-state index in [1.165, 1.54) is 0 Å². The zero-order valence-electron chi connectivity index (χ0n) is 9.59. The molecule has 2 aromatic rings. The molecule has 2 aromatic carbocycles. The average molecular weight is 241 g/mol. The Morgan fingerprint density at radius 1 is 1.17 bits per heavy atom. The van der Waals surface area contributed by atoms with Crippen LogP contribution in [0.2, 0.25) is 0 Å². The van der Waals surface area contributed by atoms with Crippen LogP contribution in [0.4, 0.5) is 0 Å². The number of ether oxygens (including phenoxy) is 1. The summed E-state index contributed by atoms with van der Waals surface area (Å²) in [5.41, 5.74) is 0.600. The normalized spacial score (nSPS) is 17.3. The van der Waals surface area contributed by atoms with Gasteiger partial charge in [-0.1, -0.05) is 35.5 Å².